The standard InChI is InChI=1S/C15H22N2O/c1-3-17(13-8-5-4-6-9-13)15(18)14-10-7-11-16-12(14)2/h4-6,8-9,12,14,16H,3,7,10-11H2,1-2H3. The maximum absolute atomic E-state index is 12.6. The summed E-state index contributed by atoms with van der Waals surface area (Å²) in [5, 5.41) is 3.40. The van der Waals surface area contributed by atoms with Crippen molar-refractivity contribution >= 4 is 11.6 Å². The van der Waals surface area contributed by atoms with Gasteiger partial charge in [-0.1, -0.05) is 18.2 Å². The van der Waals surface area contributed by atoms with Gasteiger partial charge in [-0.05, 0) is 45.4 Å². The van der Waals surface area contributed by atoms with E-state index in [1.807, 2.05) is 42.2 Å². The van der Waals surface area contributed by atoms with Crippen LogP contribution in [0.5, 0.6) is 0 Å². The van der Waals surface area contributed by atoms with Crippen molar-refractivity contribution < 1.29 is 4.79 Å². The molecular weight excluding hydrogens is 224 g/mol. The smallest absolute Gasteiger partial charge is 0.231 e. The van der Waals surface area contributed by atoms with Crippen molar-refractivity contribution in [2.45, 2.75) is 32.7 Å². The summed E-state index contributed by atoms with van der Waals surface area (Å²) in [6.45, 7) is 5.90. The van der Waals surface area contributed by atoms with E-state index in [9.17, 15) is 4.79 Å². The van der Waals surface area contributed by atoms with Gasteiger partial charge in [-0.2, -0.15) is 0 Å². The highest BCUT2D eigenvalue weighted by atomic mass is 16.2. The first kappa shape index (κ1) is 13.1. The number of para-hydroxylation sites is 1. The van der Waals surface area contributed by atoms with Crippen LogP contribution >= 0.6 is 0 Å². The molecule has 1 aromatic carbocycles. The lowest BCUT2D eigenvalue weighted by molar-refractivity contribution is -0.123. The van der Waals surface area contributed by atoms with Gasteiger partial charge in [0.05, 0.1) is 5.92 Å². The summed E-state index contributed by atoms with van der Waals surface area (Å²) in [4.78, 5) is 14.5. The SMILES string of the molecule is CCN(C(=O)C1CCCNC1C)c1ccccc1. The molecule has 2 rings (SSSR count). The number of piperidine rings is 1. The summed E-state index contributed by atoms with van der Waals surface area (Å²) in [5.41, 5.74) is 1.00. The molecule has 3 nitrogen and oxygen atoms in total. The molecule has 98 valence electrons. The van der Waals surface area contributed by atoms with Crippen LogP contribution in [0.1, 0.15) is 26.7 Å². The summed E-state index contributed by atoms with van der Waals surface area (Å²) in [6, 6.07) is 10.2. The molecular formula is C15H22N2O. The molecule has 0 aromatic heterocycles. The van der Waals surface area contributed by atoms with E-state index in [0.717, 1.165) is 31.6 Å². The number of benzene rings is 1. The molecule has 1 amide bonds. The van der Waals surface area contributed by atoms with E-state index in [0.29, 0.717) is 0 Å². The van der Waals surface area contributed by atoms with Crippen LogP contribution in [0.2, 0.25) is 0 Å². The molecule has 18 heavy (non-hydrogen) atoms. The van der Waals surface area contributed by atoms with Crippen molar-refractivity contribution in [1.29, 1.82) is 0 Å². The maximum Gasteiger partial charge on any atom is 0.231 e. The first-order valence-electron chi connectivity index (χ1n) is 6.84. The molecule has 0 saturated carbocycles. The van der Waals surface area contributed by atoms with E-state index < -0.39 is 0 Å². The minimum atomic E-state index is 0.110. The molecule has 2 unspecified atom stereocenters. The summed E-state index contributed by atoms with van der Waals surface area (Å²) in [6.07, 6.45) is 2.09. The van der Waals surface area contributed by atoms with Gasteiger partial charge in [0.25, 0.3) is 0 Å². The van der Waals surface area contributed by atoms with Gasteiger partial charge in [-0.25, -0.2) is 0 Å². The zero-order valence-corrected chi connectivity index (χ0v) is 11.2. The van der Waals surface area contributed by atoms with Gasteiger partial charge >= 0.3 is 0 Å². The second kappa shape index (κ2) is 6.01. The van der Waals surface area contributed by atoms with E-state index in [-0.39, 0.29) is 17.9 Å². The molecule has 0 bridgehead atoms. The highest BCUT2D eigenvalue weighted by Gasteiger charge is 2.30. The average molecular weight is 246 g/mol. The van der Waals surface area contributed by atoms with Crippen LogP contribution in [0.3, 0.4) is 0 Å². The van der Waals surface area contributed by atoms with Crippen LogP contribution in [0, 0.1) is 5.92 Å². The Morgan fingerprint density at radius 2 is 2.11 bits per heavy atom. The highest BCUT2D eigenvalue weighted by molar-refractivity contribution is 5.95. The topological polar surface area (TPSA) is 32.3 Å². The van der Waals surface area contributed by atoms with Crippen LogP contribution in [0.15, 0.2) is 30.3 Å². The predicted octanol–water partition coefficient (Wildman–Crippen LogP) is 2.43. The normalized spacial score (nSPS) is 23.7. The molecule has 0 radical (unpaired) electrons. The van der Waals surface area contributed by atoms with E-state index >= 15 is 0 Å². The Balaban J connectivity index is 2.15. The first-order chi connectivity index (χ1) is 8.74. The number of rotatable bonds is 3. The summed E-state index contributed by atoms with van der Waals surface area (Å²) >= 11 is 0. The van der Waals surface area contributed by atoms with Crippen molar-refractivity contribution in [2.75, 3.05) is 18.0 Å². The Labute approximate surface area is 109 Å². The minimum absolute atomic E-state index is 0.110. The molecule has 3 heteroatoms. The Morgan fingerprint density at radius 1 is 1.39 bits per heavy atom. The zero-order valence-electron chi connectivity index (χ0n) is 11.2. The van der Waals surface area contributed by atoms with Gasteiger partial charge in [0.2, 0.25) is 5.91 Å². The van der Waals surface area contributed by atoms with Gasteiger partial charge in [-0.15, -0.1) is 0 Å². The van der Waals surface area contributed by atoms with Crippen molar-refractivity contribution in [1.82, 2.24) is 5.32 Å². The summed E-state index contributed by atoms with van der Waals surface area (Å²) in [5.74, 6) is 0.363. The molecule has 0 aliphatic carbocycles. The van der Waals surface area contributed by atoms with Crippen molar-refractivity contribution in [3.8, 4) is 0 Å². The zero-order chi connectivity index (χ0) is 13.0. The van der Waals surface area contributed by atoms with E-state index in [1.165, 1.54) is 0 Å². The number of amides is 1. The van der Waals surface area contributed by atoms with Crippen LogP contribution < -0.4 is 10.2 Å². The van der Waals surface area contributed by atoms with Crippen molar-refractivity contribution in [3.63, 3.8) is 0 Å². The number of nitrogens with one attached hydrogen (secondary N) is 1. The van der Waals surface area contributed by atoms with Gasteiger partial charge < -0.3 is 10.2 Å². The van der Waals surface area contributed by atoms with Gasteiger partial charge in [-0.3, -0.25) is 4.79 Å². The summed E-state index contributed by atoms with van der Waals surface area (Å²) < 4.78 is 0. The predicted molar refractivity (Wildman–Crippen MR) is 74.7 cm³/mol. The quantitative estimate of drug-likeness (QED) is 0.888. The average Bonchev–Trinajstić information content (AvgIpc) is 2.41. The molecule has 0 spiro atoms. The molecule has 1 N–H and O–H groups in total. The first-order valence-corrected chi connectivity index (χ1v) is 6.84. The molecule has 1 heterocycles. The molecule has 1 aromatic rings. The fraction of sp³-hybridized carbons (Fsp3) is 0.533. The molecule has 1 saturated heterocycles. The molecule has 1 aliphatic heterocycles. The van der Waals surface area contributed by atoms with Crippen LogP contribution in [0.25, 0.3) is 0 Å². The van der Waals surface area contributed by atoms with Gasteiger partial charge in [0.1, 0.15) is 0 Å². The molecule has 2 atom stereocenters. The van der Waals surface area contributed by atoms with Gasteiger partial charge in [0, 0.05) is 18.3 Å². The van der Waals surface area contributed by atoms with Crippen molar-refractivity contribution in [3.05, 3.63) is 30.3 Å². The summed E-state index contributed by atoms with van der Waals surface area (Å²) in [7, 11) is 0. The fourth-order valence-corrected chi connectivity index (χ4v) is 2.66. The highest BCUT2D eigenvalue weighted by Crippen LogP contribution is 2.22. The van der Waals surface area contributed by atoms with Crippen LogP contribution in [-0.2, 0) is 4.79 Å². The third-order valence-corrected chi connectivity index (χ3v) is 3.73. The second-order valence-electron chi connectivity index (χ2n) is 4.91. The van der Waals surface area contributed by atoms with E-state index in [2.05, 4.69) is 12.2 Å². The lowest BCUT2D eigenvalue weighted by Crippen LogP contribution is -2.48. The maximum atomic E-state index is 12.6. The van der Waals surface area contributed by atoms with E-state index in [4.69, 9.17) is 0 Å². The number of hydrogen-bond donors (Lipinski definition) is 1. The third-order valence-electron chi connectivity index (χ3n) is 3.73. The number of nitrogens with zero attached hydrogens (tertiary/aromatic N) is 1. The number of hydrogen-bond acceptors (Lipinski definition) is 2. The largest absolute Gasteiger partial charge is 0.313 e. The minimum Gasteiger partial charge on any atom is -0.313 e. The van der Waals surface area contributed by atoms with Crippen molar-refractivity contribution in [2.24, 2.45) is 5.92 Å². The number of carbonyl (C=O) groups is 1. The Morgan fingerprint density at radius 3 is 2.72 bits per heavy atom. The Kier molecular flexibility index (Phi) is 4.37. The van der Waals surface area contributed by atoms with Crippen LogP contribution in [-0.4, -0.2) is 25.0 Å². The van der Waals surface area contributed by atoms with Gasteiger partial charge in [0.15, 0.2) is 0 Å². The van der Waals surface area contributed by atoms with E-state index in [1.54, 1.807) is 0 Å². The number of anilines is 1. The lowest BCUT2D eigenvalue weighted by atomic mass is 9.90. The Bertz CT molecular complexity index is 391. The fourth-order valence-electron chi connectivity index (χ4n) is 2.66. The molecule has 1 aliphatic rings. The molecule has 1 fully saturated rings. The Hall–Kier alpha value is -1.35. The van der Waals surface area contributed by atoms with Crippen LogP contribution in [0.4, 0.5) is 5.69 Å². The number of carbonyl (C=O) groups excluding carboxylic acids is 1. The lowest BCUT2D eigenvalue weighted by Gasteiger charge is -2.33. The second-order valence-corrected chi connectivity index (χ2v) is 4.91. The monoisotopic (exact) mass is 246 g/mol. The third kappa shape index (κ3) is 2.72.